The van der Waals surface area contributed by atoms with Crippen LogP contribution in [-0.2, 0) is 14.3 Å². The maximum Gasteiger partial charge on any atom is 0.329 e. The fraction of sp³-hybridized carbons (Fsp3) is 0.800. The van der Waals surface area contributed by atoms with Crippen molar-refractivity contribution in [3.05, 3.63) is 0 Å². The van der Waals surface area contributed by atoms with Gasteiger partial charge in [-0.3, -0.25) is 4.79 Å². The maximum absolute atomic E-state index is 11.6. The zero-order valence-electron chi connectivity index (χ0n) is 9.36. The number of nitrogens with one attached hydrogen (secondary N) is 2. The Labute approximate surface area is 94.3 Å². The van der Waals surface area contributed by atoms with Crippen LogP contribution in [0.3, 0.4) is 0 Å². The average molecular weight is 230 g/mol. The highest BCUT2D eigenvalue weighted by molar-refractivity contribution is 5.79. The average Bonchev–Trinajstić information content (AvgIpc) is 2.63. The molecule has 0 aliphatic carbocycles. The van der Waals surface area contributed by atoms with Crippen molar-refractivity contribution in [2.45, 2.75) is 6.92 Å². The molecule has 2 atom stereocenters. The summed E-state index contributed by atoms with van der Waals surface area (Å²) in [5.41, 5.74) is 0. The Hall–Kier alpha value is -1.14. The first-order valence-corrected chi connectivity index (χ1v) is 5.39. The molecule has 1 aliphatic rings. The summed E-state index contributed by atoms with van der Waals surface area (Å²) in [6.45, 7) is 3.88. The molecule has 0 unspecified atom stereocenters. The van der Waals surface area contributed by atoms with E-state index in [9.17, 15) is 9.59 Å². The molecule has 16 heavy (non-hydrogen) atoms. The highest BCUT2D eigenvalue weighted by Gasteiger charge is 2.28. The molecule has 1 saturated heterocycles. The molecule has 6 heteroatoms. The van der Waals surface area contributed by atoms with Gasteiger partial charge in [-0.1, -0.05) is 6.92 Å². The molecule has 1 aliphatic heterocycles. The second-order valence-corrected chi connectivity index (χ2v) is 3.98. The van der Waals surface area contributed by atoms with Crippen molar-refractivity contribution in [3.63, 3.8) is 0 Å². The summed E-state index contributed by atoms with van der Waals surface area (Å²) in [5.74, 6) is -0.629. The van der Waals surface area contributed by atoms with Gasteiger partial charge in [0.15, 0.2) is 0 Å². The molecule has 3 N–H and O–H groups in total. The molecule has 0 aromatic carbocycles. The summed E-state index contributed by atoms with van der Waals surface area (Å²) in [7, 11) is 0. The van der Waals surface area contributed by atoms with Gasteiger partial charge in [-0.2, -0.15) is 0 Å². The van der Waals surface area contributed by atoms with E-state index >= 15 is 0 Å². The van der Waals surface area contributed by atoms with Crippen molar-refractivity contribution in [1.29, 1.82) is 0 Å². The van der Waals surface area contributed by atoms with E-state index in [-0.39, 0.29) is 25.0 Å². The van der Waals surface area contributed by atoms with Crippen molar-refractivity contribution >= 4 is 11.9 Å². The summed E-state index contributed by atoms with van der Waals surface area (Å²) in [4.78, 5) is 21.8. The minimum atomic E-state index is -1.00. The fourth-order valence-electron chi connectivity index (χ4n) is 1.70. The van der Waals surface area contributed by atoms with E-state index in [1.165, 1.54) is 0 Å². The number of hydrogen-bond acceptors (Lipinski definition) is 4. The van der Waals surface area contributed by atoms with E-state index in [1.54, 1.807) is 0 Å². The summed E-state index contributed by atoms with van der Waals surface area (Å²) in [6, 6.07) is 0. The van der Waals surface area contributed by atoms with Gasteiger partial charge in [0, 0.05) is 13.1 Å². The van der Waals surface area contributed by atoms with Crippen LogP contribution < -0.4 is 10.6 Å². The lowest BCUT2D eigenvalue weighted by Crippen LogP contribution is -2.36. The summed E-state index contributed by atoms with van der Waals surface area (Å²) in [6.07, 6.45) is 0. The van der Waals surface area contributed by atoms with Crippen molar-refractivity contribution < 1.29 is 19.4 Å². The highest BCUT2D eigenvalue weighted by Crippen LogP contribution is 2.15. The Kier molecular flexibility index (Phi) is 5.21. The van der Waals surface area contributed by atoms with Crippen LogP contribution in [0.25, 0.3) is 0 Å². The van der Waals surface area contributed by atoms with Crippen molar-refractivity contribution in [2.24, 2.45) is 11.8 Å². The molecule has 0 saturated carbocycles. The second kappa shape index (κ2) is 6.44. The zero-order valence-corrected chi connectivity index (χ0v) is 9.36. The van der Waals surface area contributed by atoms with Gasteiger partial charge in [0.05, 0.1) is 12.5 Å². The summed E-state index contributed by atoms with van der Waals surface area (Å²) in [5, 5.41) is 14.2. The van der Waals surface area contributed by atoms with Crippen LogP contribution in [0.5, 0.6) is 0 Å². The van der Waals surface area contributed by atoms with E-state index in [0.717, 1.165) is 6.54 Å². The van der Waals surface area contributed by atoms with Gasteiger partial charge in [0.1, 0.15) is 6.61 Å². The smallest absolute Gasteiger partial charge is 0.329 e. The van der Waals surface area contributed by atoms with E-state index in [0.29, 0.717) is 19.0 Å². The molecular weight excluding hydrogens is 212 g/mol. The molecule has 1 heterocycles. The number of rotatable bonds is 6. The quantitative estimate of drug-likeness (QED) is 0.513. The first-order chi connectivity index (χ1) is 7.61. The van der Waals surface area contributed by atoms with E-state index in [4.69, 9.17) is 9.84 Å². The third-order valence-electron chi connectivity index (χ3n) is 2.63. The van der Waals surface area contributed by atoms with E-state index in [1.807, 2.05) is 6.92 Å². The van der Waals surface area contributed by atoms with Crippen LogP contribution in [-0.4, -0.2) is 49.8 Å². The molecule has 1 rings (SSSR count). The van der Waals surface area contributed by atoms with Gasteiger partial charge in [-0.05, 0) is 12.5 Å². The van der Waals surface area contributed by atoms with Crippen LogP contribution in [0.4, 0.5) is 0 Å². The van der Waals surface area contributed by atoms with Crippen LogP contribution in [0.15, 0.2) is 0 Å². The fourth-order valence-corrected chi connectivity index (χ4v) is 1.70. The SMILES string of the molecule is C[C@@H]1CNC[C@H]1C(=O)NCCOCC(=O)O. The molecule has 0 spiro atoms. The monoisotopic (exact) mass is 230 g/mol. The van der Waals surface area contributed by atoms with Gasteiger partial charge >= 0.3 is 5.97 Å². The van der Waals surface area contributed by atoms with Crippen molar-refractivity contribution in [2.75, 3.05) is 32.8 Å². The Morgan fingerprint density at radius 3 is 2.81 bits per heavy atom. The number of carbonyl (C=O) groups excluding carboxylic acids is 1. The normalized spacial score (nSPS) is 24.3. The lowest BCUT2D eigenvalue weighted by Gasteiger charge is -2.13. The summed E-state index contributed by atoms with van der Waals surface area (Å²) >= 11 is 0. The first-order valence-electron chi connectivity index (χ1n) is 5.39. The third-order valence-corrected chi connectivity index (χ3v) is 2.63. The minimum absolute atomic E-state index is 0.0106. The van der Waals surface area contributed by atoms with Crippen LogP contribution in [0.2, 0.25) is 0 Å². The minimum Gasteiger partial charge on any atom is -0.480 e. The number of carboxylic acid groups (broad SMARTS) is 1. The molecule has 6 nitrogen and oxygen atoms in total. The topological polar surface area (TPSA) is 87.7 Å². The second-order valence-electron chi connectivity index (χ2n) is 3.98. The van der Waals surface area contributed by atoms with Gasteiger partial charge in [-0.15, -0.1) is 0 Å². The van der Waals surface area contributed by atoms with E-state index in [2.05, 4.69) is 10.6 Å². The zero-order chi connectivity index (χ0) is 12.0. The van der Waals surface area contributed by atoms with Crippen LogP contribution >= 0.6 is 0 Å². The number of ether oxygens (including phenoxy) is 1. The molecule has 1 fully saturated rings. The van der Waals surface area contributed by atoms with Gasteiger partial charge in [0.2, 0.25) is 5.91 Å². The number of amides is 1. The lowest BCUT2D eigenvalue weighted by atomic mass is 9.97. The Balaban J connectivity index is 2.08. The third kappa shape index (κ3) is 4.16. The molecule has 0 bridgehead atoms. The van der Waals surface area contributed by atoms with E-state index < -0.39 is 5.97 Å². The number of carboxylic acids is 1. The van der Waals surface area contributed by atoms with Gasteiger partial charge in [0.25, 0.3) is 0 Å². The van der Waals surface area contributed by atoms with Crippen molar-refractivity contribution in [3.8, 4) is 0 Å². The lowest BCUT2D eigenvalue weighted by molar-refractivity contribution is -0.142. The van der Waals surface area contributed by atoms with Crippen molar-refractivity contribution in [1.82, 2.24) is 10.6 Å². The summed E-state index contributed by atoms with van der Waals surface area (Å²) < 4.78 is 4.81. The van der Waals surface area contributed by atoms with Crippen LogP contribution in [0.1, 0.15) is 6.92 Å². The number of hydrogen-bond donors (Lipinski definition) is 3. The predicted molar refractivity (Wildman–Crippen MR) is 57.0 cm³/mol. The molecule has 92 valence electrons. The van der Waals surface area contributed by atoms with Crippen LogP contribution in [0, 0.1) is 11.8 Å². The maximum atomic E-state index is 11.6. The Bertz CT molecular complexity index is 257. The molecule has 0 aromatic rings. The Morgan fingerprint density at radius 1 is 1.50 bits per heavy atom. The molecule has 0 aromatic heterocycles. The highest BCUT2D eigenvalue weighted by atomic mass is 16.5. The molecule has 0 radical (unpaired) electrons. The molecule has 1 amide bonds. The number of aliphatic carboxylic acids is 1. The van der Waals surface area contributed by atoms with Gasteiger partial charge < -0.3 is 20.5 Å². The van der Waals surface area contributed by atoms with Gasteiger partial charge in [-0.25, -0.2) is 4.79 Å². The first kappa shape index (κ1) is 12.9. The largest absolute Gasteiger partial charge is 0.480 e. The molecular formula is C10H18N2O4. The Morgan fingerprint density at radius 2 is 2.25 bits per heavy atom. The number of carbonyl (C=O) groups is 2. The standard InChI is InChI=1S/C10H18N2O4/c1-7-4-11-5-8(7)10(15)12-2-3-16-6-9(13)14/h7-8,11H,2-6H2,1H3,(H,12,15)(H,13,14)/t7-,8-/m1/s1. The predicted octanol–water partition coefficient (Wildman–Crippen LogP) is -0.941.